The van der Waals surface area contributed by atoms with E-state index < -0.39 is 0 Å². The van der Waals surface area contributed by atoms with Crippen LogP contribution in [0.5, 0.6) is 0 Å². The van der Waals surface area contributed by atoms with Crippen LogP contribution in [0.15, 0.2) is 73.1 Å². The molecule has 1 aliphatic carbocycles. The number of Topliss-reactive ketones (excluding diaryl/α,β-unsaturated/α-hetero) is 1. The molecule has 2 saturated heterocycles. The van der Waals surface area contributed by atoms with Gasteiger partial charge in [0.05, 0.1) is 6.20 Å². The maximum Gasteiger partial charge on any atom is 0.410 e. The number of benzene rings is 2. The molecule has 1 amide bonds. The van der Waals surface area contributed by atoms with Crippen molar-refractivity contribution in [3.05, 3.63) is 89.9 Å². The first kappa shape index (κ1) is 21.3. The minimum Gasteiger partial charge on any atom is -0.448 e. The lowest BCUT2D eigenvalue weighted by Crippen LogP contribution is -2.48. The Morgan fingerprint density at radius 2 is 1.56 bits per heavy atom. The highest BCUT2D eigenvalue weighted by atomic mass is 16.6. The zero-order chi connectivity index (χ0) is 24.2. The molecule has 7 heteroatoms. The quantitative estimate of drug-likeness (QED) is 0.381. The highest BCUT2D eigenvalue weighted by Gasteiger charge is 2.46. The highest BCUT2D eigenvalue weighted by molar-refractivity contribution is 5.97. The fraction of sp³-hybridized carbons (Fsp3) is 0.310. The first-order valence-corrected chi connectivity index (χ1v) is 12.7. The Labute approximate surface area is 208 Å². The lowest BCUT2D eigenvalue weighted by molar-refractivity contribution is 0.0503. The van der Waals surface area contributed by atoms with E-state index in [1.807, 2.05) is 29.2 Å². The predicted molar refractivity (Wildman–Crippen MR) is 134 cm³/mol. The van der Waals surface area contributed by atoms with Crippen molar-refractivity contribution in [2.75, 3.05) is 6.61 Å². The Balaban J connectivity index is 1.06. The molecule has 4 aromatic rings. The number of fused-ring (bicyclic) bond motifs is 6. The van der Waals surface area contributed by atoms with E-state index in [1.54, 1.807) is 16.9 Å². The molecule has 180 valence electrons. The maximum absolute atomic E-state index is 13.4. The zero-order valence-corrected chi connectivity index (χ0v) is 19.8. The van der Waals surface area contributed by atoms with Crippen molar-refractivity contribution in [1.82, 2.24) is 19.5 Å². The van der Waals surface area contributed by atoms with E-state index >= 15 is 0 Å². The number of carbonyl (C=O) groups excluding carboxylic acids is 2. The van der Waals surface area contributed by atoms with E-state index in [9.17, 15) is 9.59 Å². The van der Waals surface area contributed by atoms with Gasteiger partial charge in [-0.25, -0.2) is 14.3 Å². The van der Waals surface area contributed by atoms with E-state index in [-0.39, 0.29) is 35.8 Å². The summed E-state index contributed by atoms with van der Waals surface area (Å²) in [4.78, 5) is 32.9. The summed E-state index contributed by atoms with van der Waals surface area (Å²) >= 11 is 0. The van der Waals surface area contributed by atoms with Gasteiger partial charge in [-0.2, -0.15) is 5.10 Å². The number of hydrogen-bond acceptors (Lipinski definition) is 5. The van der Waals surface area contributed by atoms with Crippen LogP contribution in [-0.2, 0) is 4.74 Å². The average Bonchev–Trinajstić information content (AvgIpc) is 3.57. The van der Waals surface area contributed by atoms with E-state index in [0.717, 1.165) is 12.8 Å². The van der Waals surface area contributed by atoms with Crippen molar-refractivity contribution in [1.29, 1.82) is 0 Å². The normalized spacial score (nSPS) is 22.4. The molecular weight excluding hydrogens is 452 g/mol. The molecule has 0 spiro atoms. The van der Waals surface area contributed by atoms with Gasteiger partial charge in [-0.3, -0.25) is 4.79 Å². The maximum atomic E-state index is 13.4. The van der Waals surface area contributed by atoms with Gasteiger partial charge < -0.3 is 9.64 Å². The van der Waals surface area contributed by atoms with Crippen LogP contribution in [0, 0.1) is 5.92 Å². The Morgan fingerprint density at radius 3 is 2.25 bits per heavy atom. The molecule has 36 heavy (non-hydrogen) atoms. The van der Waals surface area contributed by atoms with Gasteiger partial charge in [0.1, 0.15) is 12.3 Å². The molecule has 7 nitrogen and oxygen atoms in total. The van der Waals surface area contributed by atoms with Crippen LogP contribution >= 0.6 is 0 Å². The van der Waals surface area contributed by atoms with Gasteiger partial charge in [0.15, 0.2) is 11.4 Å². The van der Waals surface area contributed by atoms with E-state index in [2.05, 4.69) is 46.5 Å². The van der Waals surface area contributed by atoms with Crippen LogP contribution in [0.1, 0.15) is 53.2 Å². The molecule has 2 aromatic carbocycles. The first-order chi connectivity index (χ1) is 17.7. The van der Waals surface area contributed by atoms with Gasteiger partial charge in [-0.15, -0.1) is 0 Å². The van der Waals surface area contributed by atoms with E-state index in [4.69, 9.17) is 4.74 Å². The van der Waals surface area contributed by atoms with Crippen LogP contribution in [0.2, 0.25) is 0 Å². The number of imidazole rings is 1. The second-order valence-electron chi connectivity index (χ2n) is 10.1. The Kier molecular flexibility index (Phi) is 4.91. The summed E-state index contributed by atoms with van der Waals surface area (Å²) in [6.07, 6.45) is 6.14. The molecule has 2 bridgehead atoms. The Morgan fingerprint density at radius 1 is 0.889 bits per heavy atom. The van der Waals surface area contributed by atoms with Gasteiger partial charge in [0.25, 0.3) is 0 Å². The molecule has 2 aromatic heterocycles. The lowest BCUT2D eigenvalue weighted by Gasteiger charge is -2.37. The summed E-state index contributed by atoms with van der Waals surface area (Å²) in [5.74, 6) is -0.0342. The minimum absolute atomic E-state index is 0.0282. The number of aromatic nitrogens is 3. The van der Waals surface area contributed by atoms with Crippen LogP contribution in [0.25, 0.3) is 16.8 Å². The predicted octanol–water partition coefficient (Wildman–Crippen LogP) is 5.10. The van der Waals surface area contributed by atoms with Crippen molar-refractivity contribution in [2.24, 2.45) is 5.92 Å². The van der Waals surface area contributed by atoms with Crippen LogP contribution in [0.3, 0.4) is 0 Å². The van der Waals surface area contributed by atoms with Crippen LogP contribution in [0.4, 0.5) is 4.79 Å². The second kappa shape index (κ2) is 8.29. The largest absolute Gasteiger partial charge is 0.448 e. The number of hydrogen-bond donors (Lipinski definition) is 0. The standard InChI is InChI=1S/C29H26N4O3/c34-28(26-16-30-27-10-5-13-31-33(26)27)18-14-19-11-12-20(15-18)32(19)29(35)36-17-25-23-8-3-1-6-21(23)22-7-2-4-9-24(22)25/h1-10,13,16,18-20,25H,11-12,14-15,17H2. The van der Waals surface area contributed by atoms with Gasteiger partial charge in [0, 0.05) is 30.1 Å². The number of amides is 1. The summed E-state index contributed by atoms with van der Waals surface area (Å²) < 4.78 is 7.58. The van der Waals surface area contributed by atoms with E-state index in [0.29, 0.717) is 30.8 Å². The first-order valence-electron chi connectivity index (χ1n) is 12.7. The molecule has 3 aliphatic rings. The SMILES string of the molecule is O=C(c1cnc2cccnn12)C1CC2CCC(C1)N2C(=O)OCC1c2ccccc2-c2ccccc21. The topological polar surface area (TPSA) is 76.8 Å². The molecule has 2 aliphatic heterocycles. The second-order valence-corrected chi connectivity index (χ2v) is 10.1. The summed E-state index contributed by atoms with van der Waals surface area (Å²) in [6, 6.07) is 20.4. The molecular formula is C29H26N4O3. The monoisotopic (exact) mass is 478 g/mol. The molecule has 7 rings (SSSR count). The summed E-state index contributed by atoms with van der Waals surface area (Å²) in [7, 11) is 0. The number of ether oxygens (including phenoxy) is 1. The average molecular weight is 479 g/mol. The fourth-order valence-electron chi connectivity index (χ4n) is 6.56. The lowest BCUT2D eigenvalue weighted by atomic mass is 9.86. The van der Waals surface area contributed by atoms with Gasteiger partial charge >= 0.3 is 6.09 Å². The zero-order valence-electron chi connectivity index (χ0n) is 19.8. The van der Waals surface area contributed by atoms with Gasteiger partial charge in [0.2, 0.25) is 0 Å². The number of piperidine rings is 1. The van der Waals surface area contributed by atoms with E-state index in [1.165, 1.54) is 22.3 Å². The van der Waals surface area contributed by atoms with Crippen molar-refractivity contribution in [3.8, 4) is 11.1 Å². The van der Waals surface area contributed by atoms with Crippen molar-refractivity contribution in [3.63, 3.8) is 0 Å². The number of ketones is 1. The van der Waals surface area contributed by atoms with Gasteiger partial charge in [-0.1, -0.05) is 48.5 Å². The third-order valence-electron chi connectivity index (χ3n) is 8.18. The van der Waals surface area contributed by atoms with Crippen molar-refractivity contribution >= 4 is 17.5 Å². The summed E-state index contributed by atoms with van der Waals surface area (Å²) in [5.41, 5.74) is 6.04. The molecule has 0 N–H and O–H groups in total. The smallest absolute Gasteiger partial charge is 0.410 e. The molecule has 4 heterocycles. The highest BCUT2D eigenvalue weighted by Crippen LogP contribution is 2.45. The molecule has 0 radical (unpaired) electrons. The number of rotatable bonds is 4. The molecule has 0 saturated carbocycles. The van der Waals surface area contributed by atoms with Crippen LogP contribution < -0.4 is 0 Å². The summed E-state index contributed by atoms with van der Waals surface area (Å²) in [5, 5.41) is 4.30. The number of nitrogens with zero attached hydrogens (tertiary/aromatic N) is 4. The van der Waals surface area contributed by atoms with Crippen LogP contribution in [-0.4, -0.2) is 50.1 Å². The van der Waals surface area contributed by atoms with Crippen molar-refractivity contribution in [2.45, 2.75) is 43.7 Å². The minimum atomic E-state index is -0.258. The Bertz CT molecular complexity index is 1440. The van der Waals surface area contributed by atoms with Gasteiger partial charge in [-0.05, 0) is 60.1 Å². The number of carbonyl (C=O) groups is 2. The van der Waals surface area contributed by atoms with Crippen molar-refractivity contribution < 1.29 is 14.3 Å². The fourth-order valence-corrected chi connectivity index (χ4v) is 6.56. The third-order valence-corrected chi connectivity index (χ3v) is 8.18. The Hall–Kier alpha value is -4.00. The third kappa shape index (κ3) is 3.26. The molecule has 2 unspecified atom stereocenters. The summed E-state index contributed by atoms with van der Waals surface area (Å²) in [6.45, 7) is 0.318. The molecule has 2 fully saturated rings. The molecule has 2 atom stereocenters.